The molecule has 1 aromatic rings. The molecule has 1 amide bonds. The summed E-state index contributed by atoms with van der Waals surface area (Å²) in [6.45, 7) is 4.72. The van der Waals surface area contributed by atoms with Crippen LogP contribution in [-0.2, 0) is 9.53 Å². The van der Waals surface area contributed by atoms with Gasteiger partial charge in [-0.25, -0.2) is 0 Å². The Morgan fingerprint density at radius 1 is 1.39 bits per heavy atom. The lowest BCUT2D eigenvalue weighted by Gasteiger charge is -2.35. The standard InChI is InChI=1S/C17H25ClN2O3/c1-3-10-23-15-5-4-13(11-14(15)18)20-16(21)17(12-22-2)6-8-19-9-7-17/h4-5,11,19H,3,6-10,12H2,1-2H3,(H,20,21). The molecule has 1 aromatic carbocycles. The van der Waals surface area contributed by atoms with Crippen molar-refractivity contribution in [1.29, 1.82) is 0 Å². The van der Waals surface area contributed by atoms with Crippen LogP contribution in [0.2, 0.25) is 5.02 Å². The summed E-state index contributed by atoms with van der Waals surface area (Å²) in [5.41, 5.74) is 0.196. The summed E-state index contributed by atoms with van der Waals surface area (Å²) in [6, 6.07) is 5.33. The van der Waals surface area contributed by atoms with E-state index in [4.69, 9.17) is 21.1 Å². The highest BCUT2D eigenvalue weighted by Gasteiger charge is 2.39. The highest BCUT2D eigenvalue weighted by Crippen LogP contribution is 2.32. The summed E-state index contributed by atoms with van der Waals surface area (Å²) in [5.74, 6) is 0.624. The number of carbonyl (C=O) groups is 1. The summed E-state index contributed by atoms with van der Waals surface area (Å²) in [5, 5.41) is 6.76. The van der Waals surface area contributed by atoms with Crippen LogP contribution in [0.15, 0.2) is 18.2 Å². The first-order valence-corrected chi connectivity index (χ1v) is 8.42. The molecule has 0 spiro atoms. The zero-order chi connectivity index (χ0) is 16.7. The molecule has 0 aliphatic carbocycles. The normalized spacial score (nSPS) is 16.8. The molecule has 1 fully saturated rings. The van der Waals surface area contributed by atoms with Crippen molar-refractivity contribution in [2.45, 2.75) is 26.2 Å². The highest BCUT2D eigenvalue weighted by molar-refractivity contribution is 6.32. The van der Waals surface area contributed by atoms with Gasteiger partial charge in [0.1, 0.15) is 5.75 Å². The zero-order valence-corrected chi connectivity index (χ0v) is 14.5. The fourth-order valence-electron chi connectivity index (χ4n) is 2.79. The number of hydrogen-bond acceptors (Lipinski definition) is 4. The third kappa shape index (κ3) is 4.59. The average molecular weight is 341 g/mol. The monoisotopic (exact) mass is 340 g/mol. The molecule has 1 saturated heterocycles. The first-order valence-electron chi connectivity index (χ1n) is 8.05. The van der Waals surface area contributed by atoms with Gasteiger partial charge in [-0.05, 0) is 50.6 Å². The van der Waals surface area contributed by atoms with E-state index in [2.05, 4.69) is 10.6 Å². The van der Waals surface area contributed by atoms with Crippen molar-refractivity contribution in [3.05, 3.63) is 23.2 Å². The van der Waals surface area contributed by atoms with Crippen molar-refractivity contribution in [1.82, 2.24) is 5.32 Å². The minimum Gasteiger partial charge on any atom is -0.492 e. The lowest BCUT2D eigenvalue weighted by molar-refractivity contribution is -0.130. The highest BCUT2D eigenvalue weighted by atomic mass is 35.5. The van der Waals surface area contributed by atoms with Gasteiger partial charge in [0.25, 0.3) is 0 Å². The Balaban J connectivity index is 2.07. The first kappa shape index (κ1) is 18.0. The van der Waals surface area contributed by atoms with E-state index < -0.39 is 5.41 Å². The molecule has 0 atom stereocenters. The minimum atomic E-state index is -0.482. The van der Waals surface area contributed by atoms with E-state index in [-0.39, 0.29) is 5.91 Å². The van der Waals surface area contributed by atoms with Crippen LogP contribution in [0, 0.1) is 5.41 Å². The van der Waals surface area contributed by atoms with Crippen LogP contribution in [0.25, 0.3) is 0 Å². The SMILES string of the molecule is CCCOc1ccc(NC(=O)C2(COC)CCNCC2)cc1Cl. The number of benzene rings is 1. The van der Waals surface area contributed by atoms with Crippen LogP contribution in [0.1, 0.15) is 26.2 Å². The maximum Gasteiger partial charge on any atom is 0.233 e. The molecule has 0 saturated carbocycles. The third-order valence-corrected chi connectivity index (χ3v) is 4.41. The van der Waals surface area contributed by atoms with Gasteiger partial charge < -0.3 is 20.1 Å². The predicted molar refractivity (Wildman–Crippen MR) is 92.3 cm³/mol. The fourth-order valence-corrected chi connectivity index (χ4v) is 3.03. The van der Waals surface area contributed by atoms with Gasteiger partial charge >= 0.3 is 0 Å². The number of ether oxygens (including phenoxy) is 2. The molecule has 1 aliphatic heterocycles. The number of halogens is 1. The van der Waals surface area contributed by atoms with E-state index in [1.165, 1.54) is 0 Å². The van der Waals surface area contributed by atoms with Crippen LogP contribution >= 0.6 is 11.6 Å². The number of anilines is 1. The Kier molecular flexibility index (Phi) is 6.69. The molecule has 0 unspecified atom stereocenters. The van der Waals surface area contributed by atoms with Gasteiger partial charge in [0.2, 0.25) is 5.91 Å². The van der Waals surface area contributed by atoms with Crippen molar-refractivity contribution in [3.8, 4) is 5.75 Å². The Labute approximate surface area is 142 Å². The molecule has 0 aromatic heterocycles. The molecule has 128 valence electrons. The topological polar surface area (TPSA) is 59.6 Å². The summed E-state index contributed by atoms with van der Waals surface area (Å²) in [4.78, 5) is 12.8. The molecule has 6 heteroatoms. The molecule has 0 bridgehead atoms. The van der Waals surface area contributed by atoms with E-state index in [0.29, 0.717) is 29.7 Å². The Bertz CT molecular complexity index is 525. The number of hydrogen-bond donors (Lipinski definition) is 2. The fraction of sp³-hybridized carbons (Fsp3) is 0.588. The second-order valence-corrected chi connectivity index (χ2v) is 6.32. The maximum absolute atomic E-state index is 12.8. The molecule has 5 nitrogen and oxygen atoms in total. The van der Waals surface area contributed by atoms with Gasteiger partial charge in [0, 0.05) is 12.8 Å². The summed E-state index contributed by atoms with van der Waals surface area (Å²) < 4.78 is 10.8. The van der Waals surface area contributed by atoms with Gasteiger partial charge in [0.05, 0.1) is 23.7 Å². The van der Waals surface area contributed by atoms with Crippen LogP contribution in [-0.4, -0.2) is 39.3 Å². The number of piperidine rings is 1. The number of nitrogens with one attached hydrogen (secondary N) is 2. The first-order chi connectivity index (χ1) is 11.1. The van der Waals surface area contributed by atoms with E-state index in [9.17, 15) is 4.79 Å². The number of carbonyl (C=O) groups excluding carboxylic acids is 1. The quantitative estimate of drug-likeness (QED) is 0.800. The molecule has 0 radical (unpaired) electrons. The molecule has 2 rings (SSSR count). The second-order valence-electron chi connectivity index (χ2n) is 5.91. The van der Waals surface area contributed by atoms with Crippen LogP contribution in [0.3, 0.4) is 0 Å². The number of amides is 1. The van der Waals surface area contributed by atoms with Crippen LogP contribution < -0.4 is 15.4 Å². The number of methoxy groups -OCH3 is 1. The van der Waals surface area contributed by atoms with E-state index in [0.717, 1.165) is 32.4 Å². The van der Waals surface area contributed by atoms with Crippen molar-refractivity contribution in [3.63, 3.8) is 0 Å². The smallest absolute Gasteiger partial charge is 0.233 e. The van der Waals surface area contributed by atoms with Gasteiger partial charge in [0.15, 0.2) is 0 Å². The van der Waals surface area contributed by atoms with Gasteiger partial charge in [-0.2, -0.15) is 0 Å². The molecule has 1 heterocycles. The van der Waals surface area contributed by atoms with Gasteiger partial charge in [-0.15, -0.1) is 0 Å². The van der Waals surface area contributed by atoms with Crippen LogP contribution in [0.5, 0.6) is 5.75 Å². The van der Waals surface area contributed by atoms with E-state index in [1.807, 2.05) is 13.0 Å². The lowest BCUT2D eigenvalue weighted by Crippen LogP contribution is -2.47. The van der Waals surface area contributed by atoms with E-state index >= 15 is 0 Å². The van der Waals surface area contributed by atoms with Crippen LogP contribution in [0.4, 0.5) is 5.69 Å². The van der Waals surface area contributed by atoms with Crippen molar-refractivity contribution >= 4 is 23.2 Å². The summed E-state index contributed by atoms with van der Waals surface area (Å²) in [7, 11) is 1.63. The Morgan fingerprint density at radius 2 is 2.13 bits per heavy atom. The Hall–Kier alpha value is -1.30. The summed E-state index contributed by atoms with van der Waals surface area (Å²) in [6.07, 6.45) is 2.44. The molecule has 2 N–H and O–H groups in total. The largest absolute Gasteiger partial charge is 0.492 e. The average Bonchev–Trinajstić information content (AvgIpc) is 2.55. The predicted octanol–water partition coefficient (Wildman–Crippen LogP) is 3.08. The van der Waals surface area contributed by atoms with Crippen molar-refractivity contribution in [2.24, 2.45) is 5.41 Å². The molecule has 1 aliphatic rings. The minimum absolute atomic E-state index is 0.0147. The zero-order valence-electron chi connectivity index (χ0n) is 13.8. The Morgan fingerprint density at radius 3 is 2.74 bits per heavy atom. The lowest BCUT2D eigenvalue weighted by atomic mass is 9.78. The van der Waals surface area contributed by atoms with Crippen molar-refractivity contribution in [2.75, 3.05) is 38.7 Å². The van der Waals surface area contributed by atoms with Crippen molar-refractivity contribution < 1.29 is 14.3 Å². The van der Waals surface area contributed by atoms with Gasteiger partial charge in [-0.3, -0.25) is 4.79 Å². The maximum atomic E-state index is 12.8. The second kappa shape index (κ2) is 8.52. The molecule has 23 heavy (non-hydrogen) atoms. The van der Waals surface area contributed by atoms with E-state index in [1.54, 1.807) is 19.2 Å². The third-order valence-electron chi connectivity index (χ3n) is 4.11. The summed E-state index contributed by atoms with van der Waals surface area (Å²) >= 11 is 6.22. The van der Waals surface area contributed by atoms with Gasteiger partial charge in [-0.1, -0.05) is 18.5 Å². The number of rotatable bonds is 7. The molecular weight excluding hydrogens is 316 g/mol. The molecular formula is C17H25ClN2O3.